The van der Waals surface area contributed by atoms with Gasteiger partial charge in [-0.05, 0) is 85.4 Å². The highest BCUT2D eigenvalue weighted by molar-refractivity contribution is 7.07. The Kier molecular flexibility index (Phi) is 6.40. The van der Waals surface area contributed by atoms with Gasteiger partial charge in [0.15, 0.2) is 5.82 Å². The summed E-state index contributed by atoms with van der Waals surface area (Å²) in [5.74, 6) is 1.60. The quantitative estimate of drug-likeness (QED) is 0.326. The van der Waals surface area contributed by atoms with Crippen LogP contribution in [-0.4, -0.2) is 50.5 Å². The second kappa shape index (κ2) is 9.96. The molecule has 6 rings (SSSR count). The van der Waals surface area contributed by atoms with E-state index in [1.807, 2.05) is 18.3 Å². The predicted molar refractivity (Wildman–Crippen MR) is 144 cm³/mol. The molecule has 2 saturated heterocycles. The molecular weight excluding hydrogens is 450 g/mol. The topological polar surface area (TPSA) is 37.2 Å². The number of hydrogen-bond donors (Lipinski definition) is 0. The van der Waals surface area contributed by atoms with Crippen LogP contribution in [0.1, 0.15) is 37.3 Å². The Labute approximate surface area is 211 Å². The highest BCUT2D eigenvalue weighted by Gasteiger charge is 2.29. The molecule has 0 aliphatic carbocycles. The molecule has 0 bridgehead atoms. The minimum Gasteiger partial charge on any atom is -0.375 e. The number of nitrogens with zero attached hydrogens (tertiary/aromatic N) is 5. The Hall–Kier alpha value is -2.96. The van der Waals surface area contributed by atoms with E-state index < -0.39 is 0 Å². The molecule has 0 N–H and O–H groups in total. The molecular formula is C29H33N5S. The van der Waals surface area contributed by atoms with Gasteiger partial charge in [0.05, 0.1) is 11.0 Å². The summed E-state index contributed by atoms with van der Waals surface area (Å²) >= 11 is 1.79. The van der Waals surface area contributed by atoms with Crippen molar-refractivity contribution >= 4 is 22.4 Å². The number of pyridine rings is 1. The van der Waals surface area contributed by atoms with Gasteiger partial charge in [-0.3, -0.25) is 9.88 Å². The van der Waals surface area contributed by atoms with Crippen LogP contribution >= 0.6 is 11.3 Å². The Morgan fingerprint density at radius 1 is 0.943 bits per heavy atom. The molecule has 180 valence electrons. The monoisotopic (exact) mass is 483 g/mol. The second-order valence-corrected chi connectivity index (χ2v) is 10.7. The summed E-state index contributed by atoms with van der Waals surface area (Å²) in [6, 6.07) is 17.3. The SMILES string of the molecule is C=C(C1CCN(Cc2ccsc2)CC1)N1CCC(n2c(-c3ccccn3)nc3ccccc32)CC1. The Morgan fingerprint density at radius 3 is 2.49 bits per heavy atom. The third-order valence-corrected chi connectivity index (χ3v) is 8.50. The number of benzene rings is 1. The van der Waals surface area contributed by atoms with Crippen molar-refractivity contribution in [1.29, 1.82) is 0 Å². The first-order chi connectivity index (χ1) is 17.3. The number of imidazole rings is 1. The first-order valence-electron chi connectivity index (χ1n) is 12.8. The highest BCUT2D eigenvalue weighted by atomic mass is 32.1. The molecule has 1 aromatic carbocycles. The summed E-state index contributed by atoms with van der Waals surface area (Å²) in [5, 5.41) is 4.46. The number of likely N-dealkylation sites (tertiary alicyclic amines) is 2. The molecule has 0 radical (unpaired) electrons. The molecule has 0 amide bonds. The second-order valence-electron chi connectivity index (χ2n) is 9.90. The lowest BCUT2D eigenvalue weighted by Gasteiger charge is -2.41. The van der Waals surface area contributed by atoms with Crippen LogP contribution in [-0.2, 0) is 6.54 Å². The molecule has 35 heavy (non-hydrogen) atoms. The summed E-state index contributed by atoms with van der Waals surface area (Å²) in [6.07, 6.45) is 6.52. The molecule has 5 nitrogen and oxygen atoms in total. The number of para-hydroxylation sites is 2. The third-order valence-electron chi connectivity index (χ3n) is 7.77. The number of hydrogen-bond acceptors (Lipinski definition) is 5. The van der Waals surface area contributed by atoms with Gasteiger partial charge in [0, 0.05) is 43.5 Å². The van der Waals surface area contributed by atoms with E-state index in [2.05, 4.69) is 73.1 Å². The zero-order valence-corrected chi connectivity index (χ0v) is 21.0. The van der Waals surface area contributed by atoms with Crippen molar-refractivity contribution < 1.29 is 0 Å². The molecule has 0 atom stereocenters. The Balaban J connectivity index is 1.12. The maximum atomic E-state index is 4.98. The van der Waals surface area contributed by atoms with Gasteiger partial charge in [0.25, 0.3) is 0 Å². The number of piperidine rings is 2. The van der Waals surface area contributed by atoms with Gasteiger partial charge in [-0.1, -0.05) is 24.8 Å². The van der Waals surface area contributed by atoms with E-state index in [1.54, 1.807) is 11.3 Å². The lowest BCUT2D eigenvalue weighted by molar-refractivity contribution is 0.155. The smallest absolute Gasteiger partial charge is 0.160 e. The van der Waals surface area contributed by atoms with E-state index in [4.69, 9.17) is 4.98 Å². The van der Waals surface area contributed by atoms with Crippen molar-refractivity contribution in [2.24, 2.45) is 5.92 Å². The van der Waals surface area contributed by atoms with Crippen molar-refractivity contribution in [3.63, 3.8) is 0 Å². The van der Waals surface area contributed by atoms with Gasteiger partial charge in [-0.2, -0.15) is 11.3 Å². The van der Waals surface area contributed by atoms with Crippen molar-refractivity contribution in [1.82, 2.24) is 24.3 Å². The first kappa shape index (κ1) is 22.5. The maximum Gasteiger partial charge on any atom is 0.160 e. The molecule has 2 fully saturated rings. The molecule has 4 aromatic rings. The number of allylic oxidation sites excluding steroid dienone is 1. The third kappa shape index (κ3) is 4.65. The normalized spacial score (nSPS) is 18.3. The molecule has 0 saturated carbocycles. The largest absolute Gasteiger partial charge is 0.375 e. The van der Waals surface area contributed by atoms with Crippen LogP contribution in [0.3, 0.4) is 0 Å². The lowest BCUT2D eigenvalue weighted by Crippen LogP contribution is -2.40. The zero-order chi connectivity index (χ0) is 23.6. The zero-order valence-electron chi connectivity index (χ0n) is 20.2. The molecule has 6 heteroatoms. The Morgan fingerprint density at radius 2 is 1.74 bits per heavy atom. The van der Waals surface area contributed by atoms with Gasteiger partial charge < -0.3 is 9.47 Å². The van der Waals surface area contributed by atoms with E-state index in [9.17, 15) is 0 Å². The molecule has 2 aliphatic rings. The standard InChI is InChI=1S/C29H33N5S/c1-22(24-9-15-32(16-10-24)20-23-13-19-35-21-23)33-17-11-25(12-18-33)34-28-8-3-2-6-26(28)31-29(34)27-7-4-5-14-30-27/h2-8,13-14,19,21,24-25H,1,9-12,15-18,20H2. The summed E-state index contributed by atoms with van der Waals surface area (Å²) in [5.41, 5.74) is 6.02. The van der Waals surface area contributed by atoms with Gasteiger partial charge in [0.1, 0.15) is 5.69 Å². The predicted octanol–water partition coefficient (Wildman–Crippen LogP) is 6.22. The van der Waals surface area contributed by atoms with Crippen molar-refractivity contribution in [2.45, 2.75) is 38.3 Å². The van der Waals surface area contributed by atoms with Gasteiger partial charge in [-0.15, -0.1) is 0 Å². The summed E-state index contributed by atoms with van der Waals surface area (Å²) in [7, 11) is 0. The average molecular weight is 484 g/mol. The van der Waals surface area contributed by atoms with Crippen LogP contribution in [0, 0.1) is 5.92 Å². The van der Waals surface area contributed by atoms with Crippen LogP contribution in [0.15, 0.2) is 77.8 Å². The minimum absolute atomic E-state index is 0.427. The fourth-order valence-corrected chi connectivity index (χ4v) is 6.48. The van der Waals surface area contributed by atoms with Crippen molar-refractivity contribution in [2.75, 3.05) is 26.2 Å². The van der Waals surface area contributed by atoms with E-state index in [0.717, 1.165) is 49.5 Å². The summed E-state index contributed by atoms with van der Waals surface area (Å²) in [6.45, 7) is 10.1. The number of rotatable bonds is 6. The fraction of sp³-hybridized carbons (Fsp3) is 0.379. The summed E-state index contributed by atoms with van der Waals surface area (Å²) in [4.78, 5) is 14.8. The fourth-order valence-electron chi connectivity index (χ4n) is 5.82. The van der Waals surface area contributed by atoms with E-state index in [-0.39, 0.29) is 0 Å². The van der Waals surface area contributed by atoms with Crippen molar-refractivity contribution in [3.8, 4) is 11.5 Å². The maximum absolute atomic E-state index is 4.98. The average Bonchev–Trinajstić information content (AvgIpc) is 3.57. The number of aromatic nitrogens is 3. The number of thiophene rings is 1. The van der Waals surface area contributed by atoms with E-state index in [0.29, 0.717) is 12.0 Å². The molecule has 2 aliphatic heterocycles. The van der Waals surface area contributed by atoms with Crippen LogP contribution in [0.25, 0.3) is 22.6 Å². The molecule has 3 aromatic heterocycles. The Bertz CT molecular complexity index is 1260. The van der Waals surface area contributed by atoms with Crippen LogP contribution in [0.2, 0.25) is 0 Å². The van der Waals surface area contributed by atoms with Gasteiger partial charge in [0.2, 0.25) is 0 Å². The number of fused-ring (bicyclic) bond motifs is 1. The molecule has 5 heterocycles. The van der Waals surface area contributed by atoms with Crippen LogP contribution in [0.5, 0.6) is 0 Å². The first-order valence-corrected chi connectivity index (χ1v) is 13.8. The van der Waals surface area contributed by atoms with Crippen LogP contribution in [0.4, 0.5) is 0 Å². The molecule has 0 spiro atoms. The highest BCUT2D eigenvalue weighted by Crippen LogP contribution is 2.35. The van der Waals surface area contributed by atoms with Gasteiger partial charge >= 0.3 is 0 Å². The lowest BCUT2D eigenvalue weighted by atomic mass is 9.91. The molecule has 0 unspecified atom stereocenters. The van der Waals surface area contributed by atoms with E-state index in [1.165, 1.54) is 42.7 Å². The van der Waals surface area contributed by atoms with Crippen molar-refractivity contribution in [3.05, 3.63) is 83.3 Å². The minimum atomic E-state index is 0.427. The van der Waals surface area contributed by atoms with Gasteiger partial charge in [-0.25, -0.2) is 4.98 Å². The van der Waals surface area contributed by atoms with E-state index >= 15 is 0 Å². The van der Waals surface area contributed by atoms with Crippen LogP contribution < -0.4 is 0 Å². The summed E-state index contributed by atoms with van der Waals surface area (Å²) < 4.78 is 2.45.